The van der Waals surface area contributed by atoms with Gasteiger partial charge < -0.3 is 10.8 Å². The third-order valence-corrected chi connectivity index (χ3v) is 5.82. The zero-order chi connectivity index (χ0) is 15.6. The molecule has 2 rings (SSSR count). The third-order valence-electron chi connectivity index (χ3n) is 3.76. The number of anilines is 1. The Balaban J connectivity index is 2.30. The summed E-state index contributed by atoms with van der Waals surface area (Å²) in [7, 11) is -4.02. The number of rotatable bonds is 4. The Morgan fingerprint density at radius 2 is 2.05 bits per heavy atom. The van der Waals surface area contributed by atoms with Crippen molar-refractivity contribution in [3.8, 4) is 0 Å². The van der Waals surface area contributed by atoms with Gasteiger partial charge in [0.15, 0.2) is 5.82 Å². The number of aliphatic hydroxyl groups is 1. The maximum absolute atomic E-state index is 14.0. The Morgan fingerprint density at radius 1 is 1.38 bits per heavy atom. The molecular formula is C13H18BrFN2O3S. The molecule has 8 heteroatoms. The predicted octanol–water partition coefficient (Wildman–Crippen LogP) is 2.00. The first-order valence-electron chi connectivity index (χ1n) is 6.73. The summed E-state index contributed by atoms with van der Waals surface area (Å²) in [6.07, 6.45) is 3.23. The molecule has 21 heavy (non-hydrogen) atoms. The van der Waals surface area contributed by atoms with E-state index in [9.17, 15) is 17.9 Å². The summed E-state index contributed by atoms with van der Waals surface area (Å²) >= 11 is 2.95. The summed E-state index contributed by atoms with van der Waals surface area (Å²) < 4.78 is 41.3. The highest BCUT2D eigenvalue weighted by atomic mass is 79.9. The summed E-state index contributed by atoms with van der Waals surface area (Å²) in [6.45, 7) is -0.0870. The lowest BCUT2D eigenvalue weighted by molar-refractivity contribution is 0.164. The van der Waals surface area contributed by atoms with Crippen LogP contribution in [-0.4, -0.2) is 26.2 Å². The first-order valence-corrected chi connectivity index (χ1v) is 9.00. The van der Waals surface area contributed by atoms with Gasteiger partial charge in [-0.25, -0.2) is 17.5 Å². The summed E-state index contributed by atoms with van der Waals surface area (Å²) in [5.74, 6) is -1.01. The minimum absolute atomic E-state index is 0.00484. The molecule has 0 aliphatic heterocycles. The van der Waals surface area contributed by atoms with Crippen molar-refractivity contribution in [3.05, 3.63) is 22.4 Å². The first-order chi connectivity index (χ1) is 9.85. The van der Waals surface area contributed by atoms with Gasteiger partial charge in [-0.3, -0.25) is 0 Å². The number of hydrogen-bond donors (Lipinski definition) is 3. The molecule has 1 aliphatic rings. The fraction of sp³-hybridized carbons (Fsp3) is 0.538. The van der Waals surface area contributed by atoms with Gasteiger partial charge in [-0.1, -0.05) is 12.8 Å². The predicted molar refractivity (Wildman–Crippen MR) is 81.7 cm³/mol. The number of nitrogens with two attached hydrogens (primary N) is 1. The van der Waals surface area contributed by atoms with Crippen LogP contribution in [0.5, 0.6) is 0 Å². The molecule has 0 amide bonds. The van der Waals surface area contributed by atoms with E-state index in [1.165, 1.54) is 6.07 Å². The average Bonchev–Trinajstić information content (AvgIpc) is 2.43. The smallest absolute Gasteiger partial charge is 0.243 e. The minimum atomic E-state index is -4.02. The maximum atomic E-state index is 14.0. The zero-order valence-electron chi connectivity index (χ0n) is 11.4. The van der Waals surface area contributed by atoms with Gasteiger partial charge in [-0.15, -0.1) is 0 Å². The van der Waals surface area contributed by atoms with Crippen molar-refractivity contribution in [1.82, 2.24) is 4.72 Å². The minimum Gasteiger partial charge on any atom is -0.399 e. The van der Waals surface area contributed by atoms with Crippen molar-refractivity contribution in [2.75, 3.05) is 12.3 Å². The molecule has 0 spiro atoms. The first kappa shape index (κ1) is 16.7. The van der Waals surface area contributed by atoms with E-state index in [1.807, 2.05) is 0 Å². The molecule has 0 bridgehead atoms. The van der Waals surface area contributed by atoms with Crippen molar-refractivity contribution in [1.29, 1.82) is 0 Å². The molecule has 4 N–H and O–H groups in total. The van der Waals surface area contributed by atoms with E-state index in [0.717, 1.165) is 25.3 Å². The average molecular weight is 381 g/mol. The van der Waals surface area contributed by atoms with Crippen LogP contribution < -0.4 is 10.5 Å². The van der Waals surface area contributed by atoms with Gasteiger partial charge in [0.05, 0.1) is 4.47 Å². The van der Waals surface area contributed by atoms with Crippen molar-refractivity contribution in [3.63, 3.8) is 0 Å². The summed E-state index contributed by atoms with van der Waals surface area (Å²) in [6, 6.07) is 2.03. The Bertz CT molecular complexity index is 624. The zero-order valence-corrected chi connectivity index (χ0v) is 13.8. The van der Waals surface area contributed by atoms with Crippen LogP contribution in [0.25, 0.3) is 0 Å². The summed E-state index contributed by atoms with van der Waals surface area (Å²) in [5.41, 5.74) is 5.74. The molecule has 2 unspecified atom stereocenters. The van der Waals surface area contributed by atoms with Gasteiger partial charge in [0.2, 0.25) is 10.0 Å². The lowest BCUT2D eigenvalue weighted by atomic mass is 9.86. The van der Waals surface area contributed by atoms with Gasteiger partial charge in [0, 0.05) is 18.3 Å². The highest BCUT2D eigenvalue weighted by Crippen LogP contribution is 2.29. The van der Waals surface area contributed by atoms with E-state index in [0.29, 0.717) is 6.42 Å². The van der Waals surface area contributed by atoms with Crippen LogP contribution in [-0.2, 0) is 10.0 Å². The van der Waals surface area contributed by atoms with Crippen LogP contribution in [0.4, 0.5) is 10.1 Å². The molecule has 0 heterocycles. The molecule has 0 radical (unpaired) electrons. The van der Waals surface area contributed by atoms with E-state index < -0.39 is 20.7 Å². The number of sulfonamides is 1. The second-order valence-corrected chi connectivity index (χ2v) is 7.81. The lowest BCUT2D eigenvalue weighted by Gasteiger charge is -2.30. The SMILES string of the molecule is Nc1cc(Br)c(F)c(S(=O)(=O)NC2CCCCC2CO)c1. The van der Waals surface area contributed by atoms with Gasteiger partial charge in [-0.2, -0.15) is 0 Å². The molecule has 0 aromatic heterocycles. The third kappa shape index (κ3) is 3.74. The Hall–Kier alpha value is -0.700. The monoisotopic (exact) mass is 380 g/mol. The normalized spacial score (nSPS) is 23.2. The topological polar surface area (TPSA) is 92.4 Å². The number of halogens is 2. The number of hydrogen-bond acceptors (Lipinski definition) is 4. The number of nitrogens with one attached hydrogen (secondary N) is 1. The van der Waals surface area contributed by atoms with Crippen LogP contribution in [0, 0.1) is 11.7 Å². The molecule has 2 atom stereocenters. The summed E-state index contributed by atoms with van der Waals surface area (Å²) in [4.78, 5) is -0.475. The standard InChI is InChI=1S/C13H18BrFN2O3S/c14-10-5-9(16)6-12(13(10)15)21(19,20)17-11-4-2-1-3-8(11)7-18/h5-6,8,11,17-18H,1-4,7,16H2. The van der Waals surface area contributed by atoms with Crippen LogP contribution in [0.3, 0.4) is 0 Å². The van der Waals surface area contributed by atoms with E-state index in [2.05, 4.69) is 20.7 Å². The van der Waals surface area contributed by atoms with E-state index in [4.69, 9.17) is 5.73 Å². The lowest BCUT2D eigenvalue weighted by Crippen LogP contribution is -2.43. The van der Waals surface area contributed by atoms with Gasteiger partial charge in [0.1, 0.15) is 4.90 Å². The molecule has 118 valence electrons. The van der Waals surface area contributed by atoms with E-state index in [-0.39, 0.29) is 28.7 Å². The van der Waals surface area contributed by atoms with Crippen molar-refractivity contribution in [2.24, 2.45) is 5.92 Å². The fourth-order valence-corrected chi connectivity index (χ4v) is 4.71. The number of aliphatic hydroxyl groups excluding tert-OH is 1. The highest BCUT2D eigenvalue weighted by Gasteiger charge is 2.31. The van der Waals surface area contributed by atoms with Crippen molar-refractivity contribution < 1.29 is 17.9 Å². The second-order valence-electron chi connectivity index (χ2n) is 5.27. The molecular weight excluding hydrogens is 363 g/mol. The molecule has 1 saturated carbocycles. The largest absolute Gasteiger partial charge is 0.399 e. The van der Waals surface area contributed by atoms with Crippen molar-refractivity contribution >= 4 is 31.6 Å². The molecule has 5 nitrogen and oxygen atoms in total. The maximum Gasteiger partial charge on any atom is 0.243 e. The summed E-state index contributed by atoms with van der Waals surface area (Å²) in [5, 5.41) is 9.34. The second kappa shape index (κ2) is 6.60. The van der Waals surface area contributed by atoms with Crippen LogP contribution in [0.2, 0.25) is 0 Å². The van der Waals surface area contributed by atoms with E-state index in [1.54, 1.807) is 0 Å². The van der Waals surface area contributed by atoms with E-state index >= 15 is 0 Å². The Morgan fingerprint density at radius 3 is 2.71 bits per heavy atom. The number of nitrogen functional groups attached to an aromatic ring is 1. The molecule has 1 aromatic carbocycles. The molecule has 1 aliphatic carbocycles. The Kier molecular flexibility index (Phi) is 5.24. The molecule has 0 saturated heterocycles. The fourth-order valence-electron chi connectivity index (χ4n) is 2.62. The molecule has 1 aromatic rings. The van der Waals surface area contributed by atoms with Crippen LogP contribution in [0.15, 0.2) is 21.5 Å². The van der Waals surface area contributed by atoms with Crippen LogP contribution in [0.1, 0.15) is 25.7 Å². The van der Waals surface area contributed by atoms with Crippen LogP contribution >= 0.6 is 15.9 Å². The number of benzene rings is 1. The van der Waals surface area contributed by atoms with Gasteiger partial charge in [0.25, 0.3) is 0 Å². The van der Waals surface area contributed by atoms with Gasteiger partial charge in [-0.05, 0) is 46.8 Å². The highest BCUT2D eigenvalue weighted by molar-refractivity contribution is 9.10. The Labute approximate surface area is 131 Å². The molecule has 1 fully saturated rings. The van der Waals surface area contributed by atoms with Gasteiger partial charge >= 0.3 is 0 Å². The quantitative estimate of drug-likeness (QED) is 0.696. The van der Waals surface area contributed by atoms with Crippen molar-refractivity contribution in [2.45, 2.75) is 36.6 Å².